The monoisotopic (exact) mass is 400 g/mol. The molecule has 106 valence electrons. The molecule has 0 amide bonds. The fourth-order valence-electron chi connectivity index (χ4n) is 2.06. The lowest BCUT2D eigenvalue weighted by molar-refractivity contribution is 0.519. The number of benzene rings is 2. The second-order valence-corrected chi connectivity index (χ2v) is 6.40. The Hall–Kier alpha value is -0.750. The molecule has 2 aromatic rings. The van der Waals surface area contributed by atoms with Crippen molar-refractivity contribution in [3.63, 3.8) is 0 Å². The van der Waals surface area contributed by atoms with Gasteiger partial charge in [0, 0.05) is 15.0 Å². The van der Waals surface area contributed by atoms with Crippen molar-refractivity contribution in [2.24, 2.45) is 5.84 Å². The molecule has 0 fully saturated rings. The highest BCUT2D eigenvalue weighted by atomic mass is 79.9. The summed E-state index contributed by atoms with van der Waals surface area (Å²) in [7, 11) is 0. The Morgan fingerprint density at radius 1 is 1.05 bits per heavy atom. The highest BCUT2D eigenvalue weighted by Crippen LogP contribution is 2.20. The van der Waals surface area contributed by atoms with Gasteiger partial charge in [-0.3, -0.25) is 11.3 Å². The van der Waals surface area contributed by atoms with Crippen LogP contribution in [0.2, 0.25) is 0 Å². The molecule has 0 aliphatic heterocycles. The fourth-order valence-corrected chi connectivity index (χ4v) is 2.73. The molecule has 0 aromatic heterocycles. The van der Waals surface area contributed by atoms with Crippen LogP contribution < -0.4 is 11.3 Å². The zero-order valence-electron chi connectivity index (χ0n) is 10.7. The van der Waals surface area contributed by atoms with Crippen LogP contribution in [-0.2, 0) is 12.8 Å². The molecule has 0 saturated heterocycles. The third-order valence-electron chi connectivity index (χ3n) is 3.11. The van der Waals surface area contributed by atoms with Gasteiger partial charge in [-0.05, 0) is 54.3 Å². The zero-order chi connectivity index (χ0) is 14.5. The highest BCUT2D eigenvalue weighted by Gasteiger charge is 2.12. The SMILES string of the molecule is NNC(Cc1ccc(Br)cc1)Cc1cc(F)ccc1Br. The van der Waals surface area contributed by atoms with Crippen molar-refractivity contribution >= 4 is 31.9 Å². The molecule has 0 aliphatic carbocycles. The van der Waals surface area contributed by atoms with Gasteiger partial charge in [0.05, 0.1) is 0 Å². The molecule has 0 radical (unpaired) electrons. The van der Waals surface area contributed by atoms with Crippen LogP contribution in [0.4, 0.5) is 4.39 Å². The number of hydrazine groups is 1. The van der Waals surface area contributed by atoms with E-state index in [1.807, 2.05) is 12.1 Å². The molecule has 1 atom stereocenters. The molecule has 3 N–H and O–H groups in total. The first-order valence-electron chi connectivity index (χ1n) is 6.23. The normalized spacial score (nSPS) is 12.4. The molecule has 0 aliphatic rings. The number of nitrogens with one attached hydrogen (secondary N) is 1. The minimum Gasteiger partial charge on any atom is -0.271 e. The fraction of sp³-hybridized carbons (Fsp3) is 0.200. The second kappa shape index (κ2) is 7.31. The van der Waals surface area contributed by atoms with Gasteiger partial charge in [0.25, 0.3) is 0 Å². The van der Waals surface area contributed by atoms with Crippen LogP contribution in [0.3, 0.4) is 0 Å². The molecular formula is C15H15Br2FN2. The second-order valence-electron chi connectivity index (χ2n) is 4.63. The van der Waals surface area contributed by atoms with E-state index in [-0.39, 0.29) is 11.9 Å². The maximum absolute atomic E-state index is 13.3. The van der Waals surface area contributed by atoms with E-state index in [4.69, 9.17) is 5.84 Å². The first-order valence-corrected chi connectivity index (χ1v) is 7.81. The van der Waals surface area contributed by atoms with Crippen LogP contribution in [0, 0.1) is 5.82 Å². The van der Waals surface area contributed by atoms with Crippen molar-refractivity contribution in [1.29, 1.82) is 0 Å². The number of rotatable bonds is 5. The molecule has 0 heterocycles. The molecule has 2 nitrogen and oxygen atoms in total. The van der Waals surface area contributed by atoms with Crippen LogP contribution in [0.25, 0.3) is 0 Å². The first-order chi connectivity index (χ1) is 9.58. The van der Waals surface area contributed by atoms with Crippen LogP contribution in [0.5, 0.6) is 0 Å². The van der Waals surface area contributed by atoms with E-state index in [0.29, 0.717) is 6.42 Å². The number of nitrogens with two attached hydrogens (primary N) is 1. The van der Waals surface area contributed by atoms with Gasteiger partial charge in [0.2, 0.25) is 0 Å². The van der Waals surface area contributed by atoms with Crippen molar-refractivity contribution in [3.05, 3.63) is 68.4 Å². The average molecular weight is 402 g/mol. The Morgan fingerprint density at radius 3 is 2.40 bits per heavy atom. The van der Waals surface area contributed by atoms with Gasteiger partial charge in [-0.2, -0.15) is 0 Å². The summed E-state index contributed by atoms with van der Waals surface area (Å²) in [4.78, 5) is 0. The van der Waals surface area contributed by atoms with Gasteiger partial charge in [-0.15, -0.1) is 0 Å². The maximum atomic E-state index is 13.3. The molecule has 2 rings (SSSR count). The van der Waals surface area contributed by atoms with E-state index < -0.39 is 0 Å². The molecular weight excluding hydrogens is 387 g/mol. The Morgan fingerprint density at radius 2 is 1.75 bits per heavy atom. The molecule has 20 heavy (non-hydrogen) atoms. The lowest BCUT2D eigenvalue weighted by atomic mass is 9.99. The van der Waals surface area contributed by atoms with Crippen molar-refractivity contribution in [3.8, 4) is 0 Å². The lowest BCUT2D eigenvalue weighted by Gasteiger charge is -2.17. The van der Waals surface area contributed by atoms with Crippen molar-refractivity contribution < 1.29 is 4.39 Å². The quantitative estimate of drug-likeness (QED) is 0.587. The van der Waals surface area contributed by atoms with E-state index in [9.17, 15) is 4.39 Å². The molecule has 1 unspecified atom stereocenters. The third-order valence-corrected chi connectivity index (χ3v) is 4.41. The first kappa shape index (κ1) is 15.6. The molecule has 0 spiro atoms. The van der Waals surface area contributed by atoms with Gasteiger partial charge >= 0.3 is 0 Å². The predicted molar refractivity (Wildman–Crippen MR) is 86.8 cm³/mol. The van der Waals surface area contributed by atoms with E-state index in [0.717, 1.165) is 20.9 Å². The molecule has 0 bridgehead atoms. The summed E-state index contributed by atoms with van der Waals surface area (Å²) in [6.07, 6.45) is 1.44. The summed E-state index contributed by atoms with van der Waals surface area (Å²) in [6.45, 7) is 0. The number of hydrogen-bond acceptors (Lipinski definition) is 2. The van der Waals surface area contributed by atoms with E-state index in [2.05, 4.69) is 49.4 Å². The van der Waals surface area contributed by atoms with Gasteiger partial charge in [-0.25, -0.2) is 4.39 Å². The van der Waals surface area contributed by atoms with E-state index in [1.165, 1.54) is 17.7 Å². The summed E-state index contributed by atoms with van der Waals surface area (Å²) in [5.41, 5.74) is 4.90. The Balaban J connectivity index is 2.08. The van der Waals surface area contributed by atoms with Crippen molar-refractivity contribution in [2.75, 3.05) is 0 Å². The lowest BCUT2D eigenvalue weighted by Crippen LogP contribution is -2.38. The zero-order valence-corrected chi connectivity index (χ0v) is 13.9. The van der Waals surface area contributed by atoms with Gasteiger partial charge < -0.3 is 0 Å². The maximum Gasteiger partial charge on any atom is 0.123 e. The molecule has 5 heteroatoms. The van der Waals surface area contributed by atoms with Crippen molar-refractivity contribution in [1.82, 2.24) is 5.43 Å². The van der Waals surface area contributed by atoms with Crippen LogP contribution in [-0.4, -0.2) is 6.04 Å². The summed E-state index contributed by atoms with van der Waals surface area (Å²) >= 11 is 6.85. The minimum atomic E-state index is -0.234. The predicted octanol–water partition coefficient (Wildman–Crippen LogP) is 3.97. The smallest absolute Gasteiger partial charge is 0.123 e. The number of halogens is 3. The average Bonchev–Trinajstić information content (AvgIpc) is 2.44. The molecule has 0 saturated carbocycles. The van der Waals surface area contributed by atoms with Crippen LogP contribution in [0.15, 0.2) is 51.4 Å². The van der Waals surface area contributed by atoms with E-state index >= 15 is 0 Å². The summed E-state index contributed by atoms with van der Waals surface area (Å²) < 4.78 is 15.2. The molecule has 2 aromatic carbocycles. The Bertz CT molecular complexity index is 573. The van der Waals surface area contributed by atoms with Crippen molar-refractivity contribution in [2.45, 2.75) is 18.9 Å². The summed E-state index contributed by atoms with van der Waals surface area (Å²) in [5, 5.41) is 0. The highest BCUT2D eigenvalue weighted by molar-refractivity contribution is 9.10. The van der Waals surface area contributed by atoms with E-state index in [1.54, 1.807) is 6.07 Å². The third kappa shape index (κ3) is 4.38. The minimum absolute atomic E-state index is 0.0503. The topological polar surface area (TPSA) is 38.0 Å². The summed E-state index contributed by atoms with van der Waals surface area (Å²) in [5.74, 6) is 5.38. The largest absolute Gasteiger partial charge is 0.271 e. The van der Waals surface area contributed by atoms with Gasteiger partial charge in [0.1, 0.15) is 5.82 Å². The summed E-state index contributed by atoms with van der Waals surface area (Å²) in [6, 6.07) is 12.8. The number of hydrogen-bond donors (Lipinski definition) is 2. The van der Waals surface area contributed by atoms with Crippen LogP contribution in [0.1, 0.15) is 11.1 Å². The van der Waals surface area contributed by atoms with Crippen LogP contribution >= 0.6 is 31.9 Å². The Kier molecular flexibility index (Phi) is 5.72. The van der Waals surface area contributed by atoms with Gasteiger partial charge in [0.15, 0.2) is 0 Å². The van der Waals surface area contributed by atoms with Gasteiger partial charge in [-0.1, -0.05) is 44.0 Å². The standard InChI is InChI=1S/C15H15Br2FN2/c16-12-3-1-10(2-4-12)7-14(20-19)9-11-8-13(18)5-6-15(11)17/h1-6,8,14,20H,7,9,19H2. The Labute approximate surface area is 134 Å².